The standard InChI is InChI=1S/C15H18BrNO4/c1-3-6-17-13(18)8-11(15(19)20)14(17)10-7-9(16)4-5-12(10)21-2/h4-5,7,11,14H,3,6,8H2,1-2H3,(H,19,20). The van der Waals surface area contributed by atoms with Crippen LogP contribution in [-0.2, 0) is 9.59 Å². The van der Waals surface area contributed by atoms with Crippen molar-refractivity contribution in [1.29, 1.82) is 0 Å². The van der Waals surface area contributed by atoms with Gasteiger partial charge in [0.05, 0.1) is 19.1 Å². The van der Waals surface area contributed by atoms with Crippen LogP contribution in [0.1, 0.15) is 31.4 Å². The molecule has 0 bridgehead atoms. The Hall–Kier alpha value is -1.56. The van der Waals surface area contributed by atoms with E-state index in [9.17, 15) is 14.7 Å². The van der Waals surface area contributed by atoms with Gasteiger partial charge in [0.25, 0.3) is 0 Å². The van der Waals surface area contributed by atoms with Crippen LogP contribution in [0.5, 0.6) is 5.75 Å². The lowest BCUT2D eigenvalue weighted by Gasteiger charge is -2.28. The first-order valence-corrected chi connectivity index (χ1v) is 7.64. The lowest BCUT2D eigenvalue weighted by atomic mass is 9.93. The first-order valence-electron chi connectivity index (χ1n) is 6.85. The summed E-state index contributed by atoms with van der Waals surface area (Å²) in [6, 6.07) is 4.97. The van der Waals surface area contributed by atoms with Crippen molar-refractivity contribution in [3.8, 4) is 5.75 Å². The van der Waals surface area contributed by atoms with E-state index < -0.39 is 17.9 Å². The van der Waals surface area contributed by atoms with E-state index in [1.165, 1.54) is 0 Å². The van der Waals surface area contributed by atoms with E-state index >= 15 is 0 Å². The number of carbonyl (C=O) groups is 2. The van der Waals surface area contributed by atoms with Crippen molar-refractivity contribution >= 4 is 27.8 Å². The van der Waals surface area contributed by atoms with Gasteiger partial charge in [0, 0.05) is 23.0 Å². The van der Waals surface area contributed by atoms with Crippen molar-refractivity contribution in [2.24, 2.45) is 5.92 Å². The Bertz CT molecular complexity index is 561. The molecule has 1 fully saturated rings. The third-order valence-corrected chi connectivity index (χ3v) is 4.22. The molecular weight excluding hydrogens is 338 g/mol. The van der Waals surface area contributed by atoms with Crippen molar-refractivity contribution < 1.29 is 19.4 Å². The molecule has 0 aromatic heterocycles. The highest BCUT2D eigenvalue weighted by Crippen LogP contribution is 2.42. The normalized spacial score (nSPS) is 21.7. The van der Waals surface area contributed by atoms with Crippen LogP contribution >= 0.6 is 15.9 Å². The number of amides is 1. The molecule has 2 rings (SSSR count). The monoisotopic (exact) mass is 355 g/mol. The summed E-state index contributed by atoms with van der Waals surface area (Å²) in [6.07, 6.45) is 0.820. The highest BCUT2D eigenvalue weighted by Gasteiger charge is 2.45. The number of carbonyl (C=O) groups excluding carboxylic acids is 1. The van der Waals surface area contributed by atoms with E-state index in [1.54, 1.807) is 18.1 Å². The molecule has 1 heterocycles. The number of aliphatic carboxylic acids is 1. The Morgan fingerprint density at radius 2 is 2.24 bits per heavy atom. The zero-order chi connectivity index (χ0) is 15.6. The summed E-state index contributed by atoms with van der Waals surface area (Å²) < 4.78 is 6.18. The molecule has 1 amide bonds. The highest BCUT2D eigenvalue weighted by atomic mass is 79.9. The molecule has 5 nitrogen and oxygen atoms in total. The molecule has 0 radical (unpaired) electrons. The molecule has 0 saturated carbocycles. The Morgan fingerprint density at radius 1 is 1.52 bits per heavy atom. The molecule has 1 aliphatic rings. The number of hydrogen-bond acceptors (Lipinski definition) is 3. The van der Waals surface area contributed by atoms with Crippen molar-refractivity contribution in [2.45, 2.75) is 25.8 Å². The number of halogens is 1. The number of hydrogen-bond donors (Lipinski definition) is 1. The molecule has 114 valence electrons. The summed E-state index contributed by atoms with van der Waals surface area (Å²) in [5, 5.41) is 9.45. The minimum Gasteiger partial charge on any atom is -0.496 e. The van der Waals surface area contributed by atoms with Crippen molar-refractivity contribution in [2.75, 3.05) is 13.7 Å². The second-order valence-electron chi connectivity index (χ2n) is 5.07. The quantitative estimate of drug-likeness (QED) is 0.881. The number of likely N-dealkylation sites (tertiary alicyclic amines) is 1. The van der Waals surface area contributed by atoms with E-state index in [0.717, 1.165) is 16.5 Å². The lowest BCUT2D eigenvalue weighted by Crippen LogP contribution is -2.31. The fraction of sp³-hybridized carbons (Fsp3) is 0.467. The lowest BCUT2D eigenvalue weighted by molar-refractivity contribution is -0.142. The Labute approximate surface area is 132 Å². The molecule has 1 N–H and O–H groups in total. The van der Waals surface area contributed by atoms with E-state index in [1.807, 2.05) is 19.1 Å². The van der Waals surface area contributed by atoms with Crippen LogP contribution in [0, 0.1) is 5.92 Å². The third kappa shape index (κ3) is 3.05. The van der Waals surface area contributed by atoms with E-state index in [-0.39, 0.29) is 12.3 Å². The summed E-state index contributed by atoms with van der Waals surface area (Å²) >= 11 is 3.40. The first kappa shape index (κ1) is 15.8. The Balaban J connectivity index is 2.51. The van der Waals surface area contributed by atoms with Crippen molar-refractivity contribution in [1.82, 2.24) is 4.90 Å². The molecule has 21 heavy (non-hydrogen) atoms. The molecule has 6 heteroatoms. The van der Waals surface area contributed by atoms with Gasteiger partial charge in [-0.2, -0.15) is 0 Å². The molecule has 0 spiro atoms. The molecule has 1 aliphatic heterocycles. The first-order chi connectivity index (χ1) is 9.99. The van der Waals surface area contributed by atoms with Gasteiger partial charge in [-0.15, -0.1) is 0 Å². The SMILES string of the molecule is CCCN1C(=O)CC(C(=O)O)C1c1cc(Br)ccc1OC. The van der Waals surface area contributed by atoms with Crippen LogP contribution in [-0.4, -0.2) is 35.5 Å². The van der Waals surface area contributed by atoms with Crippen LogP contribution in [0.25, 0.3) is 0 Å². The summed E-state index contributed by atoms with van der Waals surface area (Å²) in [4.78, 5) is 25.3. The summed E-state index contributed by atoms with van der Waals surface area (Å²) in [5.41, 5.74) is 0.735. The number of methoxy groups -OCH3 is 1. The number of carboxylic acids is 1. The van der Waals surface area contributed by atoms with E-state index in [4.69, 9.17) is 4.74 Å². The number of benzene rings is 1. The number of rotatable bonds is 5. The van der Waals surface area contributed by atoms with Gasteiger partial charge < -0.3 is 14.7 Å². The van der Waals surface area contributed by atoms with Crippen LogP contribution in [0.3, 0.4) is 0 Å². The molecule has 1 aromatic carbocycles. The van der Waals surface area contributed by atoms with E-state index in [2.05, 4.69) is 15.9 Å². The van der Waals surface area contributed by atoms with Crippen LogP contribution < -0.4 is 4.74 Å². The maximum Gasteiger partial charge on any atom is 0.309 e. The maximum absolute atomic E-state index is 12.2. The molecule has 1 aromatic rings. The van der Waals surface area contributed by atoms with Gasteiger partial charge in [0.2, 0.25) is 5.91 Å². The average Bonchev–Trinajstić information content (AvgIpc) is 2.77. The third-order valence-electron chi connectivity index (χ3n) is 3.72. The maximum atomic E-state index is 12.2. The predicted octanol–water partition coefficient (Wildman–Crippen LogP) is 2.84. The topological polar surface area (TPSA) is 66.8 Å². The fourth-order valence-electron chi connectivity index (χ4n) is 2.84. The minimum absolute atomic E-state index is 0.0374. The summed E-state index contributed by atoms with van der Waals surface area (Å²) in [5.74, 6) is -1.21. The van der Waals surface area contributed by atoms with Gasteiger partial charge in [-0.05, 0) is 24.6 Å². The molecule has 0 aliphatic carbocycles. The zero-order valence-electron chi connectivity index (χ0n) is 12.0. The molecule has 1 saturated heterocycles. The van der Waals surface area contributed by atoms with Crippen LogP contribution in [0.4, 0.5) is 0 Å². The largest absolute Gasteiger partial charge is 0.496 e. The molecular formula is C15H18BrNO4. The van der Waals surface area contributed by atoms with Crippen LogP contribution in [0.15, 0.2) is 22.7 Å². The highest BCUT2D eigenvalue weighted by molar-refractivity contribution is 9.10. The van der Waals surface area contributed by atoms with Gasteiger partial charge in [-0.25, -0.2) is 0 Å². The summed E-state index contributed by atoms with van der Waals surface area (Å²) in [7, 11) is 1.55. The number of carboxylic acid groups (broad SMARTS) is 1. The second kappa shape index (κ2) is 6.47. The fourth-order valence-corrected chi connectivity index (χ4v) is 3.22. The Morgan fingerprint density at radius 3 is 2.81 bits per heavy atom. The smallest absolute Gasteiger partial charge is 0.309 e. The van der Waals surface area contributed by atoms with Gasteiger partial charge >= 0.3 is 5.97 Å². The summed E-state index contributed by atoms with van der Waals surface area (Å²) in [6.45, 7) is 2.51. The number of nitrogens with zero attached hydrogens (tertiary/aromatic N) is 1. The van der Waals surface area contributed by atoms with Crippen LogP contribution in [0.2, 0.25) is 0 Å². The van der Waals surface area contributed by atoms with Crippen molar-refractivity contribution in [3.05, 3.63) is 28.2 Å². The molecule has 2 atom stereocenters. The average molecular weight is 356 g/mol. The van der Waals surface area contributed by atoms with Crippen molar-refractivity contribution in [3.63, 3.8) is 0 Å². The molecule has 2 unspecified atom stereocenters. The van der Waals surface area contributed by atoms with Gasteiger partial charge in [-0.3, -0.25) is 9.59 Å². The minimum atomic E-state index is -0.950. The van der Waals surface area contributed by atoms with E-state index in [0.29, 0.717) is 12.3 Å². The van der Waals surface area contributed by atoms with Gasteiger partial charge in [0.1, 0.15) is 5.75 Å². The Kier molecular flexibility index (Phi) is 4.88. The second-order valence-corrected chi connectivity index (χ2v) is 5.98. The zero-order valence-corrected chi connectivity index (χ0v) is 13.6. The van der Waals surface area contributed by atoms with Gasteiger partial charge in [-0.1, -0.05) is 22.9 Å². The number of ether oxygens (including phenoxy) is 1. The van der Waals surface area contributed by atoms with Gasteiger partial charge in [0.15, 0.2) is 0 Å². The predicted molar refractivity (Wildman–Crippen MR) is 81.2 cm³/mol.